The van der Waals surface area contributed by atoms with Crippen LogP contribution in [0.3, 0.4) is 0 Å². The molecule has 1 aromatic carbocycles. The number of rotatable bonds is 24. The molecule has 0 spiro atoms. The van der Waals surface area contributed by atoms with E-state index in [4.69, 9.17) is 29.5 Å². The first kappa shape index (κ1) is 38.3. The lowest BCUT2D eigenvalue weighted by Crippen LogP contribution is -2.09. The zero-order chi connectivity index (χ0) is 33.8. The number of carboxylic acids is 3. The number of carbonyl (C=O) groups excluding carboxylic acids is 3. The number of carboxylic acid groups (broad SMARTS) is 3. The van der Waals surface area contributed by atoms with Crippen molar-refractivity contribution in [1.82, 2.24) is 0 Å². The standard InChI is InChI=1S/C33H42O12/c1-22(31(37)38)10-4-7-13-28(34)43-19-25-16-26(20-44-29(35)14-8-5-11-23(2)32(39)40)18-27(17-25)21-45-30(36)15-9-6-12-24(3)33(41)42/h16-18H,1-15,19-21H2,(H,37,38)(H,39,40)(H,41,42). The topological polar surface area (TPSA) is 191 Å². The maximum atomic E-state index is 12.2. The molecule has 0 fully saturated rings. The highest BCUT2D eigenvalue weighted by atomic mass is 16.5. The van der Waals surface area contributed by atoms with E-state index >= 15 is 0 Å². The van der Waals surface area contributed by atoms with E-state index in [9.17, 15) is 28.8 Å². The predicted octanol–water partition coefficient (Wildman–Crippen LogP) is 5.42. The first-order valence-corrected chi connectivity index (χ1v) is 14.6. The average molecular weight is 631 g/mol. The van der Waals surface area contributed by atoms with Crippen molar-refractivity contribution in [1.29, 1.82) is 0 Å². The smallest absolute Gasteiger partial charge is 0.330 e. The zero-order valence-corrected chi connectivity index (χ0v) is 25.5. The lowest BCUT2D eigenvalue weighted by atomic mass is 10.1. The molecule has 246 valence electrons. The van der Waals surface area contributed by atoms with E-state index in [1.54, 1.807) is 18.2 Å². The molecule has 0 heterocycles. The number of unbranched alkanes of at least 4 members (excludes halogenated alkanes) is 3. The van der Waals surface area contributed by atoms with E-state index in [1.807, 2.05) is 0 Å². The largest absolute Gasteiger partial charge is 0.478 e. The van der Waals surface area contributed by atoms with Gasteiger partial charge in [0.05, 0.1) is 0 Å². The van der Waals surface area contributed by atoms with Crippen molar-refractivity contribution in [2.75, 3.05) is 0 Å². The third-order valence-electron chi connectivity index (χ3n) is 6.55. The number of ether oxygens (including phenoxy) is 3. The second-order valence-corrected chi connectivity index (χ2v) is 10.5. The van der Waals surface area contributed by atoms with Crippen LogP contribution in [0.15, 0.2) is 54.7 Å². The van der Waals surface area contributed by atoms with Gasteiger partial charge in [0.2, 0.25) is 0 Å². The zero-order valence-electron chi connectivity index (χ0n) is 25.5. The minimum atomic E-state index is -1.08. The number of esters is 3. The van der Waals surface area contributed by atoms with Crippen molar-refractivity contribution >= 4 is 35.8 Å². The summed E-state index contributed by atoms with van der Waals surface area (Å²) in [6.45, 7) is 10.1. The Labute approximate surface area is 262 Å². The molecule has 45 heavy (non-hydrogen) atoms. The molecule has 12 heteroatoms. The number of benzene rings is 1. The third kappa shape index (κ3) is 17.8. The normalized spacial score (nSPS) is 10.4. The molecular weight excluding hydrogens is 588 g/mol. The first-order valence-electron chi connectivity index (χ1n) is 14.6. The maximum Gasteiger partial charge on any atom is 0.330 e. The molecule has 1 aromatic rings. The van der Waals surface area contributed by atoms with Gasteiger partial charge in [-0.05, 0) is 92.7 Å². The number of hydrogen-bond donors (Lipinski definition) is 3. The van der Waals surface area contributed by atoms with Crippen molar-refractivity contribution in [2.24, 2.45) is 0 Å². The van der Waals surface area contributed by atoms with E-state index < -0.39 is 35.8 Å². The van der Waals surface area contributed by atoms with E-state index in [0.29, 0.717) is 55.2 Å². The molecule has 0 atom stereocenters. The second kappa shape index (κ2) is 21.0. The summed E-state index contributed by atoms with van der Waals surface area (Å²) in [7, 11) is 0. The van der Waals surface area contributed by atoms with Crippen molar-refractivity contribution in [3.63, 3.8) is 0 Å². The van der Waals surface area contributed by atoms with Gasteiger partial charge in [-0.3, -0.25) is 14.4 Å². The van der Waals surface area contributed by atoms with E-state index in [2.05, 4.69) is 19.7 Å². The van der Waals surface area contributed by atoms with Crippen LogP contribution in [-0.4, -0.2) is 51.1 Å². The Bertz CT molecular complexity index is 1100. The third-order valence-corrected chi connectivity index (χ3v) is 6.55. The summed E-state index contributed by atoms with van der Waals surface area (Å²) in [5, 5.41) is 26.6. The van der Waals surface area contributed by atoms with Crippen LogP contribution < -0.4 is 0 Å². The average Bonchev–Trinajstić information content (AvgIpc) is 2.99. The summed E-state index contributed by atoms with van der Waals surface area (Å²) in [5.74, 6) is -4.65. The fourth-order valence-electron chi connectivity index (χ4n) is 3.94. The number of aliphatic carboxylic acids is 3. The highest BCUT2D eigenvalue weighted by Crippen LogP contribution is 2.17. The molecule has 0 aliphatic carbocycles. The van der Waals surface area contributed by atoms with Gasteiger partial charge in [-0.1, -0.05) is 19.7 Å². The highest BCUT2D eigenvalue weighted by molar-refractivity contribution is 5.86. The summed E-state index contributed by atoms with van der Waals surface area (Å²) >= 11 is 0. The van der Waals surface area contributed by atoms with Crippen LogP contribution in [0, 0.1) is 0 Å². The molecule has 0 saturated carbocycles. The summed E-state index contributed by atoms with van der Waals surface area (Å²) in [5.41, 5.74) is 1.93. The summed E-state index contributed by atoms with van der Waals surface area (Å²) < 4.78 is 16.1. The Morgan fingerprint density at radius 2 is 0.667 bits per heavy atom. The van der Waals surface area contributed by atoms with Gasteiger partial charge in [0.25, 0.3) is 0 Å². The minimum Gasteiger partial charge on any atom is -0.478 e. The molecule has 0 aliphatic rings. The first-order chi connectivity index (χ1) is 21.3. The predicted molar refractivity (Wildman–Crippen MR) is 162 cm³/mol. The summed E-state index contributed by atoms with van der Waals surface area (Å²) in [6, 6.07) is 5.07. The van der Waals surface area contributed by atoms with Gasteiger partial charge in [0.15, 0.2) is 0 Å². The molecule has 1 rings (SSSR count). The molecule has 0 amide bonds. The summed E-state index contributed by atoms with van der Waals surface area (Å²) in [6.07, 6.45) is 3.77. The highest BCUT2D eigenvalue weighted by Gasteiger charge is 2.12. The molecule has 12 nitrogen and oxygen atoms in total. The van der Waals surface area contributed by atoms with Gasteiger partial charge in [-0.2, -0.15) is 0 Å². The van der Waals surface area contributed by atoms with Crippen molar-refractivity contribution in [3.05, 3.63) is 71.3 Å². The van der Waals surface area contributed by atoms with Crippen LogP contribution in [0.25, 0.3) is 0 Å². The molecule has 0 saturated heterocycles. The maximum absolute atomic E-state index is 12.2. The van der Waals surface area contributed by atoms with Crippen LogP contribution in [-0.2, 0) is 62.8 Å². The summed E-state index contributed by atoms with van der Waals surface area (Å²) in [4.78, 5) is 69.2. The van der Waals surface area contributed by atoms with Gasteiger partial charge in [-0.25, -0.2) is 14.4 Å². The number of carbonyl (C=O) groups is 6. The van der Waals surface area contributed by atoms with Crippen LogP contribution in [0.5, 0.6) is 0 Å². The Morgan fingerprint density at radius 3 is 0.889 bits per heavy atom. The van der Waals surface area contributed by atoms with E-state index in [0.717, 1.165) is 0 Å². The Kier molecular flexibility index (Phi) is 17.9. The van der Waals surface area contributed by atoms with Gasteiger partial charge in [0, 0.05) is 36.0 Å². The van der Waals surface area contributed by atoms with Crippen LogP contribution in [0.4, 0.5) is 0 Å². The Morgan fingerprint density at radius 1 is 0.444 bits per heavy atom. The molecule has 0 aromatic heterocycles. The lowest BCUT2D eigenvalue weighted by Gasteiger charge is -2.12. The van der Waals surface area contributed by atoms with Gasteiger partial charge >= 0.3 is 35.8 Å². The van der Waals surface area contributed by atoms with Gasteiger partial charge < -0.3 is 29.5 Å². The van der Waals surface area contributed by atoms with Crippen LogP contribution in [0.2, 0.25) is 0 Å². The molecule has 0 bridgehead atoms. The fraction of sp³-hybridized carbons (Fsp3) is 0.455. The van der Waals surface area contributed by atoms with Gasteiger partial charge in [-0.15, -0.1) is 0 Å². The monoisotopic (exact) mass is 630 g/mol. The molecule has 0 radical (unpaired) electrons. The SMILES string of the molecule is C=C(CCCCC(=O)OCc1cc(COC(=O)CCCCC(=C)C(=O)O)cc(COC(=O)CCCCC(=C)C(=O)O)c1)C(=O)O. The quantitative estimate of drug-likeness (QED) is 0.0570. The Hall–Kier alpha value is -4.74. The fourth-order valence-corrected chi connectivity index (χ4v) is 3.94. The van der Waals surface area contributed by atoms with E-state index in [-0.39, 0.29) is 75.1 Å². The minimum absolute atomic E-state index is 0.0716. The van der Waals surface area contributed by atoms with Crippen LogP contribution in [0.1, 0.15) is 93.7 Å². The molecule has 3 N–H and O–H groups in total. The van der Waals surface area contributed by atoms with Crippen molar-refractivity contribution in [2.45, 2.75) is 96.9 Å². The molecule has 0 unspecified atom stereocenters. The van der Waals surface area contributed by atoms with E-state index in [1.165, 1.54) is 0 Å². The van der Waals surface area contributed by atoms with Crippen molar-refractivity contribution in [3.8, 4) is 0 Å². The Balaban J connectivity index is 2.72. The number of hydrogen-bond acceptors (Lipinski definition) is 9. The molecule has 0 aliphatic heterocycles. The van der Waals surface area contributed by atoms with Crippen LogP contribution >= 0.6 is 0 Å². The molecular formula is C33H42O12. The second-order valence-electron chi connectivity index (χ2n) is 10.5. The lowest BCUT2D eigenvalue weighted by molar-refractivity contribution is -0.145. The van der Waals surface area contributed by atoms with Gasteiger partial charge in [0.1, 0.15) is 19.8 Å². The van der Waals surface area contributed by atoms with Crippen molar-refractivity contribution < 1.29 is 58.3 Å².